The Bertz CT molecular complexity index is 940. The lowest BCUT2D eigenvalue weighted by Gasteiger charge is -2.30. The van der Waals surface area contributed by atoms with Crippen molar-refractivity contribution in [2.75, 3.05) is 33.4 Å². The maximum atomic E-state index is 13.2. The Morgan fingerprint density at radius 3 is 2.55 bits per heavy atom. The predicted molar refractivity (Wildman–Crippen MR) is 111 cm³/mol. The van der Waals surface area contributed by atoms with Gasteiger partial charge in [0.2, 0.25) is 11.1 Å². The maximum absolute atomic E-state index is 13.2. The first-order valence-electron chi connectivity index (χ1n) is 9.39. The second-order valence-electron chi connectivity index (χ2n) is 6.54. The number of carbonyl (C=O) groups excluding carboxylic acids is 1. The lowest BCUT2D eigenvalue weighted by molar-refractivity contribution is -0.134. The van der Waals surface area contributed by atoms with E-state index in [-0.39, 0.29) is 5.91 Å². The zero-order valence-electron chi connectivity index (χ0n) is 16.1. The number of carbonyl (C=O) groups is 1. The SMILES string of the molecule is COc1ccc(-c2nc(S[C@H](C(=O)N3CCOCC3)c3ccccc3)n[nH]2)cc1. The molecule has 0 unspecified atom stereocenters. The molecule has 0 aliphatic carbocycles. The summed E-state index contributed by atoms with van der Waals surface area (Å²) in [5.41, 5.74) is 1.84. The highest BCUT2D eigenvalue weighted by Crippen LogP contribution is 2.36. The molecule has 1 aliphatic rings. The summed E-state index contributed by atoms with van der Waals surface area (Å²) in [6.07, 6.45) is 0. The zero-order valence-corrected chi connectivity index (χ0v) is 16.9. The number of aromatic amines is 1. The molecule has 1 N–H and O–H groups in total. The fraction of sp³-hybridized carbons (Fsp3) is 0.286. The Labute approximate surface area is 173 Å². The predicted octanol–water partition coefficient (Wildman–Crippen LogP) is 3.17. The van der Waals surface area contributed by atoms with E-state index >= 15 is 0 Å². The van der Waals surface area contributed by atoms with Gasteiger partial charge in [0.25, 0.3) is 0 Å². The lowest BCUT2D eigenvalue weighted by Crippen LogP contribution is -2.42. The molecule has 3 aromatic rings. The minimum absolute atomic E-state index is 0.0558. The van der Waals surface area contributed by atoms with Crippen LogP contribution in [0.15, 0.2) is 59.8 Å². The van der Waals surface area contributed by atoms with Gasteiger partial charge < -0.3 is 14.4 Å². The van der Waals surface area contributed by atoms with Gasteiger partial charge in [-0.05, 0) is 29.8 Å². The van der Waals surface area contributed by atoms with Crippen molar-refractivity contribution in [3.63, 3.8) is 0 Å². The number of rotatable bonds is 6. The highest BCUT2D eigenvalue weighted by atomic mass is 32.2. The number of nitrogens with zero attached hydrogens (tertiary/aromatic N) is 3. The molecule has 1 aromatic heterocycles. The number of ether oxygens (including phenoxy) is 2. The number of thioether (sulfide) groups is 1. The van der Waals surface area contributed by atoms with Crippen LogP contribution in [0.5, 0.6) is 5.75 Å². The van der Waals surface area contributed by atoms with Gasteiger partial charge in [-0.15, -0.1) is 5.10 Å². The summed E-state index contributed by atoms with van der Waals surface area (Å²) in [7, 11) is 1.63. The van der Waals surface area contributed by atoms with Crippen molar-refractivity contribution >= 4 is 17.7 Å². The van der Waals surface area contributed by atoms with E-state index in [0.717, 1.165) is 16.9 Å². The van der Waals surface area contributed by atoms with Gasteiger partial charge in [0, 0.05) is 18.7 Å². The van der Waals surface area contributed by atoms with Gasteiger partial charge in [0.05, 0.1) is 20.3 Å². The maximum Gasteiger partial charge on any atom is 0.240 e. The van der Waals surface area contributed by atoms with E-state index in [1.165, 1.54) is 11.8 Å². The number of aromatic nitrogens is 3. The highest BCUT2D eigenvalue weighted by Gasteiger charge is 2.29. The molecule has 8 heteroatoms. The van der Waals surface area contributed by atoms with Crippen LogP contribution in [0, 0.1) is 0 Å². The summed E-state index contributed by atoms with van der Waals surface area (Å²) >= 11 is 1.36. The van der Waals surface area contributed by atoms with Gasteiger partial charge in [-0.1, -0.05) is 42.1 Å². The number of benzene rings is 2. The van der Waals surface area contributed by atoms with Crippen LogP contribution in [0.1, 0.15) is 10.8 Å². The molecule has 1 aliphatic heterocycles. The molecule has 1 fully saturated rings. The monoisotopic (exact) mass is 410 g/mol. The normalized spacial score (nSPS) is 15.1. The van der Waals surface area contributed by atoms with Gasteiger partial charge in [0.1, 0.15) is 11.0 Å². The molecule has 0 saturated carbocycles. The third-order valence-corrected chi connectivity index (χ3v) is 5.80. The summed E-state index contributed by atoms with van der Waals surface area (Å²) in [5.74, 6) is 1.49. The van der Waals surface area contributed by atoms with Crippen molar-refractivity contribution in [1.82, 2.24) is 20.1 Å². The quantitative estimate of drug-likeness (QED) is 0.629. The van der Waals surface area contributed by atoms with Gasteiger partial charge in [-0.25, -0.2) is 4.98 Å². The second kappa shape index (κ2) is 9.11. The Hall–Kier alpha value is -2.84. The molecule has 4 rings (SSSR count). The summed E-state index contributed by atoms with van der Waals surface area (Å²) < 4.78 is 10.6. The number of hydrogen-bond donors (Lipinski definition) is 1. The summed E-state index contributed by atoms with van der Waals surface area (Å²) in [6.45, 7) is 2.35. The third kappa shape index (κ3) is 4.60. The number of morpholine rings is 1. The fourth-order valence-electron chi connectivity index (χ4n) is 3.12. The highest BCUT2D eigenvalue weighted by molar-refractivity contribution is 8.00. The van der Waals surface area contributed by atoms with E-state index in [1.54, 1.807) is 7.11 Å². The molecule has 0 spiro atoms. The Morgan fingerprint density at radius 1 is 1.14 bits per heavy atom. The van der Waals surface area contributed by atoms with Crippen LogP contribution < -0.4 is 4.74 Å². The second-order valence-corrected chi connectivity index (χ2v) is 7.61. The number of hydrogen-bond acceptors (Lipinski definition) is 6. The molecule has 150 valence electrons. The Kier molecular flexibility index (Phi) is 6.12. The number of H-pyrrole nitrogens is 1. The molecule has 1 atom stereocenters. The average molecular weight is 410 g/mol. The van der Waals surface area contributed by atoms with Gasteiger partial charge in [-0.2, -0.15) is 0 Å². The van der Waals surface area contributed by atoms with E-state index in [2.05, 4.69) is 15.2 Å². The fourth-order valence-corrected chi connectivity index (χ4v) is 4.12. The van der Waals surface area contributed by atoms with Gasteiger partial charge in [-0.3, -0.25) is 9.89 Å². The van der Waals surface area contributed by atoms with E-state index in [1.807, 2.05) is 59.5 Å². The van der Waals surface area contributed by atoms with Crippen LogP contribution in [-0.4, -0.2) is 59.4 Å². The first-order valence-corrected chi connectivity index (χ1v) is 10.3. The minimum atomic E-state index is -0.409. The molecule has 0 radical (unpaired) electrons. The van der Waals surface area contributed by atoms with Crippen LogP contribution >= 0.6 is 11.8 Å². The smallest absolute Gasteiger partial charge is 0.240 e. The molecule has 2 heterocycles. The topological polar surface area (TPSA) is 80.3 Å². The van der Waals surface area contributed by atoms with Crippen molar-refractivity contribution in [1.29, 1.82) is 0 Å². The average Bonchev–Trinajstić information content (AvgIpc) is 3.27. The standard InChI is InChI=1S/C21H22N4O3S/c1-27-17-9-7-16(8-10-17)19-22-21(24-23-19)29-18(15-5-3-2-4-6-15)20(26)25-11-13-28-14-12-25/h2-10,18H,11-14H2,1H3,(H,22,23,24)/t18-/m0/s1. The molecule has 7 nitrogen and oxygen atoms in total. The van der Waals surface area contributed by atoms with E-state index in [9.17, 15) is 4.79 Å². The van der Waals surface area contributed by atoms with Crippen LogP contribution in [0.3, 0.4) is 0 Å². The van der Waals surface area contributed by atoms with Gasteiger partial charge in [0.15, 0.2) is 5.82 Å². The van der Waals surface area contributed by atoms with Crippen LogP contribution in [0.4, 0.5) is 0 Å². The van der Waals surface area contributed by atoms with Crippen LogP contribution in [0.25, 0.3) is 11.4 Å². The molecule has 1 amide bonds. The van der Waals surface area contributed by atoms with E-state index in [0.29, 0.717) is 37.3 Å². The molecule has 29 heavy (non-hydrogen) atoms. The largest absolute Gasteiger partial charge is 0.497 e. The van der Waals surface area contributed by atoms with Gasteiger partial charge >= 0.3 is 0 Å². The Balaban J connectivity index is 1.56. The molecular formula is C21H22N4O3S. The Morgan fingerprint density at radius 2 is 1.86 bits per heavy atom. The molecular weight excluding hydrogens is 388 g/mol. The van der Waals surface area contributed by atoms with E-state index < -0.39 is 5.25 Å². The van der Waals surface area contributed by atoms with Crippen LogP contribution in [-0.2, 0) is 9.53 Å². The number of methoxy groups -OCH3 is 1. The van der Waals surface area contributed by atoms with Crippen molar-refractivity contribution in [2.24, 2.45) is 0 Å². The first-order chi connectivity index (χ1) is 14.2. The summed E-state index contributed by atoms with van der Waals surface area (Å²) in [5, 5.41) is 7.42. The van der Waals surface area contributed by atoms with Crippen LogP contribution in [0.2, 0.25) is 0 Å². The molecule has 1 saturated heterocycles. The summed E-state index contributed by atoms with van der Waals surface area (Å²) in [6, 6.07) is 17.3. The number of nitrogens with one attached hydrogen (secondary N) is 1. The van der Waals surface area contributed by atoms with Crippen molar-refractivity contribution in [3.8, 4) is 17.1 Å². The third-order valence-electron chi connectivity index (χ3n) is 4.70. The lowest BCUT2D eigenvalue weighted by atomic mass is 10.1. The van der Waals surface area contributed by atoms with Crippen molar-refractivity contribution in [3.05, 3.63) is 60.2 Å². The summed E-state index contributed by atoms with van der Waals surface area (Å²) in [4.78, 5) is 19.7. The number of amides is 1. The van der Waals surface area contributed by atoms with Crippen molar-refractivity contribution < 1.29 is 14.3 Å². The minimum Gasteiger partial charge on any atom is -0.497 e. The van der Waals surface area contributed by atoms with Crippen molar-refractivity contribution in [2.45, 2.75) is 10.4 Å². The zero-order chi connectivity index (χ0) is 20.1. The molecule has 0 bridgehead atoms. The first kappa shape index (κ1) is 19.5. The molecule has 2 aromatic carbocycles. The van der Waals surface area contributed by atoms with E-state index in [4.69, 9.17) is 9.47 Å².